The lowest BCUT2D eigenvalue weighted by molar-refractivity contribution is 0.102. The Bertz CT molecular complexity index is 749. The summed E-state index contributed by atoms with van der Waals surface area (Å²) >= 11 is 6.04. The first-order valence-corrected chi connectivity index (χ1v) is 8.63. The average molecular weight is 340 g/mol. The van der Waals surface area contributed by atoms with Gasteiger partial charge in [0.15, 0.2) is 0 Å². The molecule has 0 saturated carbocycles. The number of nitrogens with one attached hydrogen (secondary N) is 1. The molecule has 2 rings (SSSR count). The summed E-state index contributed by atoms with van der Waals surface area (Å²) in [4.78, 5) is 12.2. The second kappa shape index (κ2) is 7.03. The molecule has 1 N–H and O–H groups in total. The van der Waals surface area contributed by atoms with E-state index in [1.165, 1.54) is 18.2 Å². The Morgan fingerprint density at radius 3 is 2.64 bits per heavy atom. The van der Waals surface area contributed by atoms with E-state index in [-0.39, 0.29) is 11.7 Å². The third kappa shape index (κ3) is 4.15. The Balaban J connectivity index is 2.21. The number of halogens is 2. The molecule has 0 aliphatic carbocycles. The maximum absolute atomic E-state index is 13.2. The van der Waals surface area contributed by atoms with E-state index in [1.807, 2.05) is 0 Å². The van der Waals surface area contributed by atoms with Gasteiger partial charge in [0.1, 0.15) is 5.82 Å². The number of hydrogen-bond acceptors (Lipinski definition) is 2. The van der Waals surface area contributed by atoms with Gasteiger partial charge in [0.05, 0.1) is 0 Å². The molecular formula is C16H15ClFNO2S. The number of amides is 1. The molecule has 0 heterocycles. The van der Waals surface area contributed by atoms with Crippen molar-refractivity contribution in [3.8, 4) is 0 Å². The molecule has 2 aromatic carbocycles. The quantitative estimate of drug-likeness (QED) is 0.917. The summed E-state index contributed by atoms with van der Waals surface area (Å²) in [6.45, 7) is 1.60. The minimum atomic E-state index is -1.03. The molecule has 3 nitrogen and oxygen atoms in total. The molecule has 0 saturated heterocycles. The van der Waals surface area contributed by atoms with E-state index in [4.69, 9.17) is 11.6 Å². The van der Waals surface area contributed by atoms with Crippen molar-refractivity contribution in [1.82, 2.24) is 0 Å². The van der Waals surface area contributed by atoms with Gasteiger partial charge in [-0.15, -0.1) is 0 Å². The van der Waals surface area contributed by atoms with Crippen LogP contribution in [0.2, 0.25) is 5.02 Å². The van der Waals surface area contributed by atoms with Crippen LogP contribution >= 0.6 is 11.6 Å². The van der Waals surface area contributed by atoms with Crippen molar-refractivity contribution in [3.63, 3.8) is 0 Å². The SMILES string of the molecule is Cc1cc(C(=O)Nc2ccc(Cl)c(CS(C)=O)c2)ccc1F. The van der Waals surface area contributed by atoms with Crippen molar-refractivity contribution < 1.29 is 13.4 Å². The topological polar surface area (TPSA) is 46.2 Å². The van der Waals surface area contributed by atoms with Gasteiger partial charge < -0.3 is 5.32 Å². The molecule has 0 aromatic heterocycles. The first-order valence-electron chi connectivity index (χ1n) is 6.53. The Kier molecular flexibility index (Phi) is 5.32. The van der Waals surface area contributed by atoms with E-state index >= 15 is 0 Å². The zero-order chi connectivity index (χ0) is 16.3. The summed E-state index contributed by atoms with van der Waals surface area (Å²) in [5.74, 6) is -0.372. The standard InChI is InChI=1S/C16H15ClFNO2S/c1-10-7-11(3-6-15(10)18)16(20)19-13-4-5-14(17)12(8-13)9-22(2)21/h3-8H,9H2,1-2H3,(H,19,20). The first kappa shape index (κ1) is 16.6. The molecule has 2 aromatic rings. The lowest BCUT2D eigenvalue weighted by Gasteiger charge is -2.09. The third-order valence-electron chi connectivity index (χ3n) is 3.08. The molecule has 0 bridgehead atoms. The van der Waals surface area contributed by atoms with Crippen LogP contribution in [0.3, 0.4) is 0 Å². The van der Waals surface area contributed by atoms with Gasteiger partial charge in [-0.3, -0.25) is 9.00 Å². The molecule has 116 valence electrons. The van der Waals surface area contributed by atoms with Crippen molar-refractivity contribution in [3.05, 3.63) is 63.9 Å². The van der Waals surface area contributed by atoms with Crippen molar-refractivity contribution in [2.45, 2.75) is 12.7 Å². The van der Waals surface area contributed by atoms with Gasteiger partial charge in [-0.25, -0.2) is 4.39 Å². The van der Waals surface area contributed by atoms with Gasteiger partial charge in [-0.1, -0.05) is 11.6 Å². The van der Waals surface area contributed by atoms with E-state index in [0.717, 1.165) is 0 Å². The molecule has 0 spiro atoms. The fourth-order valence-electron chi connectivity index (χ4n) is 1.97. The Labute approximate surface area is 136 Å². The maximum Gasteiger partial charge on any atom is 0.255 e. The minimum Gasteiger partial charge on any atom is -0.322 e. The molecule has 22 heavy (non-hydrogen) atoms. The normalized spacial score (nSPS) is 12.0. The Morgan fingerprint density at radius 1 is 1.27 bits per heavy atom. The fraction of sp³-hybridized carbons (Fsp3) is 0.188. The van der Waals surface area contributed by atoms with E-state index in [1.54, 1.807) is 31.4 Å². The fourth-order valence-corrected chi connectivity index (χ4v) is 2.91. The Hall–Kier alpha value is -1.72. The van der Waals surface area contributed by atoms with E-state index in [9.17, 15) is 13.4 Å². The number of hydrogen-bond donors (Lipinski definition) is 1. The van der Waals surface area contributed by atoms with Crippen LogP contribution in [-0.2, 0) is 16.6 Å². The summed E-state index contributed by atoms with van der Waals surface area (Å²) < 4.78 is 24.6. The van der Waals surface area contributed by atoms with Crippen LogP contribution in [0.25, 0.3) is 0 Å². The molecule has 1 amide bonds. The summed E-state index contributed by atoms with van der Waals surface area (Å²) in [7, 11) is -1.03. The monoisotopic (exact) mass is 339 g/mol. The Morgan fingerprint density at radius 2 is 2.00 bits per heavy atom. The van der Waals surface area contributed by atoms with Crippen LogP contribution < -0.4 is 5.32 Å². The summed E-state index contributed by atoms with van der Waals surface area (Å²) in [6, 6.07) is 9.18. The van der Waals surface area contributed by atoms with E-state index in [2.05, 4.69) is 5.32 Å². The second-order valence-electron chi connectivity index (χ2n) is 4.94. The van der Waals surface area contributed by atoms with Crippen molar-refractivity contribution in [2.24, 2.45) is 0 Å². The minimum absolute atomic E-state index is 0.318. The molecule has 1 unspecified atom stereocenters. The number of carbonyl (C=O) groups is 1. The van der Waals surface area contributed by atoms with Gasteiger partial charge in [0.25, 0.3) is 5.91 Å². The number of aryl methyl sites for hydroxylation is 1. The molecule has 6 heteroatoms. The van der Waals surface area contributed by atoms with Crippen molar-refractivity contribution >= 4 is 34.0 Å². The molecule has 0 radical (unpaired) electrons. The zero-order valence-corrected chi connectivity index (χ0v) is 13.7. The van der Waals surface area contributed by atoms with Gasteiger partial charge in [-0.05, 0) is 54.4 Å². The predicted molar refractivity (Wildman–Crippen MR) is 88.3 cm³/mol. The van der Waals surface area contributed by atoms with Crippen LogP contribution in [0, 0.1) is 12.7 Å². The van der Waals surface area contributed by atoms with Gasteiger partial charge in [-0.2, -0.15) is 0 Å². The molecule has 0 aliphatic heterocycles. The lowest BCUT2D eigenvalue weighted by atomic mass is 10.1. The molecular weight excluding hydrogens is 325 g/mol. The van der Waals surface area contributed by atoms with Gasteiger partial charge >= 0.3 is 0 Å². The predicted octanol–water partition coefficient (Wildman–Crippen LogP) is 3.92. The summed E-state index contributed by atoms with van der Waals surface area (Å²) in [5.41, 5.74) is 2.03. The van der Waals surface area contributed by atoms with Crippen molar-refractivity contribution in [2.75, 3.05) is 11.6 Å². The zero-order valence-electron chi connectivity index (χ0n) is 12.2. The number of benzene rings is 2. The molecule has 1 atom stereocenters. The van der Waals surface area contributed by atoms with Crippen LogP contribution in [-0.4, -0.2) is 16.4 Å². The highest BCUT2D eigenvalue weighted by molar-refractivity contribution is 7.83. The third-order valence-corrected chi connectivity index (χ3v) is 4.17. The molecule has 0 fully saturated rings. The van der Waals surface area contributed by atoms with Crippen LogP contribution in [0.4, 0.5) is 10.1 Å². The number of rotatable bonds is 4. The van der Waals surface area contributed by atoms with Gasteiger partial charge in [0.2, 0.25) is 0 Å². The second-order valence-corrected chi connectivity index (χ2v) is 6.78. The van der Waals surface area contributed by atoms with Crippen molar-refractivity contribution in [1.29, 1.82) is 0 Å². The van der Waals surface area contributed by atoms with E-state index in [0.29, 0.717) is 33.2 Å². The largest absolute Gasteiger partial charge is 0.322 e. The summed E-state index contributed by atoms with van der Waals surface area (Å²) in [5, 5.41) is 3.23. The highest BCUT2D eigenvalue weighted by atomic mass is 35.5. The average Bonchev–Trinajstić information content (AvgIpc) is 2.45. The summed E-state index contributed by atoms with van der Waals surface area (Å²) in [6.07, 6.45) is 1.59. The highest BCUT2D eigenvalue weighted by Gasteiger charge is 2.10. The maximum atomic E-state index is 13.2. The van der Waals surface area contributed by atoms with Gasteiger partial charge in [0, 0.05) is 39.1 Å². The first-order chi connectivity index (χ1) is 10.4. The van der Waals surface area contributed by atoms with Crippen LogP contribution in [0.1, 0.15) is 21.5 Å². The highest BCUT2D eigenvalue weighted by Crippen LogP contribution is 2.22. The van der Waals surface area contributed by atoms with E-state index < -0.39 is 10.8 Å². The van der Waals surface area contributed by atoms with Crippen LogP contribution in [0.15, 0.2) is 36.4 Å². The lowest BCUT2D eigenvalue weighted by Crippen LogP contribution is -2.12. The molecule has 0 aliphatic rings. The number of carbonyl (C=O) groups excluding carboxylic acids is 1. The number of anilines is 1. The smallest absolute Gasteiger partial charge is 0.255 e. The van der Waals surface area contributed by atoms with Crippen LogP contribution in [0.5, 0.6) is 0 Å².